The largest absolute Gasteiger partial charge is 0.378 e. The Morgan fingerprint density at radius 3 is 2.02 bits per heavy atom. The zero-order valence-corrected chi connectivity index (χ0v) is 23.1. The van der Waals surface area contributed by atoms with E-state index in [1.165, 1.54) is 24.3 Å². The van der Waals surface area contributed by atoms with E-state index in [4.69, 9.17) is 16.2 Å². The first-order valence-corrected chi connectivity index (χ1v) is 14.9. The van der Waals surface area contributed by atoms with Crippen molar-refractivity contribution in [2.45, 2.75) is 41.6 Å². The Morgan fingerprint density at radius 1 is 0.850 bits per heavy atom. The number of ketones is 1. The minimum absolute atomic E-state index is 0.0105. The summed E-state index contributed by atoms with van der Waals surface area (Å²) in [6.45, 7) is 1.77. The van der Waals surface area contributed by atoms with Crippen LogP contribution in [0.15, 0.2) is 89.8 Å². The zero-order chi connectivity index (χ0) is 28.5. The Balaban J connectivity index is 1.46. The number of Topliss-reactive ketones (excluding diaryl/α,β-unsaturated/α-hetero) is 1. The summed E-state index contributed by atoms with van der Waals surface area (Å²) in [5, 5.41) is 1.57. The number of amides is 2. The van der Waals surface area contributed by atoms with Gasteiger partial charge < -0.3 is 26.4 Å². The van der Waals surface area contributed by atoms with E-state index in [1.54, 1.807) is 4.90 Å². The van der Waals surface area contributed by atoms with Crippen molar-refractivity contribution in [3.05, 3.63) is 102 Å². The molecule has 1 fully saturated rings. The van der Waals surface area contributed by atoms with Gasteiger partial charge in [0.15, 0.2) is 15.6 Å². The molecule has 3 atom stereocenters. The number of hydrogen-bond acceptors (Lipinski definition) is 7. The highest BCUT2D eigenvalue weighted by Gasteiger charge is 2.30. The molecule has 0 radical (unpaired) electrons. The van der Waals surface area contributed by atoms with Gasteiger partial charge in [0.2, 0.25) is 0 Å². The van der Waals surface area contributed by atoms with Gasteiger partial charge in [0, 0.05) is 31.1 Å². The average molecular weight is 565 g/mol. The third kappa shape index (κ3) is 7.54. The van der Waals surface area contributed by atoms with Crippen molar-refractivity contribution in [3.63, 3.8) is 0 Å². The summed E-state index contributed by atoms with van der Waals surface area (Å²) >= 11 is 0. The third-order valence-corrected chi connectivity index (χ3v) is 9.05. The van der Waals surface area contributed by atoms with Crippen molar-refractivity contribution < 1.29 is 22.7 Å². The molecule has 2 amide bonds. The van der Waals surface area contributed by atoms with Crippen molar-refractivity contribution in [3.8, 4) is 0 Å². The number of nitrogens with zero attached hydrogens (tertiary/aromatic N) is 1. The number of benzene rings is 3. The predicted octanol–water partition coefficient (Wildman–Crippen LogP) is 2.54. The van der Waals surface area contributed by atoms with Gasteiger partial charge in [-0.2, -0.15) is 0 Å². The van der Waals surface area contributed by atoms with E-state index in [1.807, 2.05) is 60.7 Å². The van der Waals surface area contributed by atoms with Crippen molar-refractivity contribution in [1.29, 1.82) is 0 Å². The van der Waals surface area contributed by atoms with E-state index in [0.29, 0.717) is 39.1 Å². The summed E-state index contributed by atoms with van der Waals surface area (Å²) in [6.07, 6.45) is 1.31. The highest BCUT2D eigenvalue weighted by atomic mass is 32.2. The Bertz CT molecular complexity index is 1360. The van der Waals surface area contributed by atoms with Crippen molar-refractivity contribution in [2.24, 2.45) is 11.5 Å². The van der Waals surface area contributed by atoms with Crippen LogP contribution in [0.4, 0.5) is 4.79 Å². The molecule has 1 heterocycles. The molecule has 3 aromatic carbocycles. The van der Waals surface area contributed by atoms with E-state index < -0.39 is 27.3 Å². The Hall–Kier alpha value is -3.57. The molecule has 0 spiro atoms. The van der Waals surface area contributed by atoms with E-state index >= 15 is 0 Å². The number of carbonyl (C=O) groups is 2. The standard InChI is InChI=1S/C30H36N4O5S/c31-26(16-11-22-7-3-1-4-8-22)29(32)40(37,38)25-14-12-24(13-15-25)28(35)27(21-23-9-5-2-6-10-23)33-30(36)34-17-19-39-20-18-34/h1-10,12-15,26-27,29H,11,16-21,31-32H2,(H,33,36)/t26?,27-,29?/m0/s1. The molecule has 1 saturated heterocycles. The Kier molecular flexibility index (Phi) is 10.1. The lowest BCUT2D eigenvalue weighted by Crippen LogP contribution is -2.51. The van der Waals surface area contributed by atoms with Gasteiger partial charge in [-0.25, -0.2) is 13.2 Å². The normalized spacial score (nSPS) is 16.1. The van der Waals surface area contributed by atoms with Gasteiger partial charge in [-0.3, -0.25) is 4.79 Å². The lowest BCUT2D eigenvalue weighted by atomic mass is 9.97. The average Bonchev–Trinajstić information content (AvgIpc) is 3.00. The predicted molar refractivity (Wildman–Crippen MR) is 154 cm³/mol. The van der Waals surface area contributed by atoms with Crippen LogP contribution in [0, 0.1) is 0 Å². The number of morpholine rings is 1. The second-order valence-electron chi connectivity index (χ2n) is 9.88. The first-order valence-electron chi connectivity index (χ1n) is 13.4. The quantitative estimate of drug-likeness (QED) is 0.304. The summed E-state index contributed by atoms with van der Waals surface area (Å²) < 4.78 is 31.7. The van der Waals surface area contributed by atoms with Gasteiger partial charge in [-0.15, -0.1) is 0 Å². The molecule has 5 N–H and O–H groups in total. The topological polar surface area (TPSA) is 145 Å². The van der Waals surface area contributed by atoms with Crippen molar-refractivity contribution >= 4 is 21.7 Å². The Labute approximate surface area is 235 Å². The van der Waals surface area contributed by atoms with Crippen LogP contribution in [0.2, 0.25) is 0 Å². The second kappa shape index (κ2) is 13.7. The lowest BCUT2D eigenvalue weighted by molar-refractivity contribution is 0.0522. The molecule has 0 bridgehead atoms. The van der Waals surface area contributed by atoms with Gasteiger partial charge in [0.05, 0.1) is 24.2 Å². The smallest absolute Gasteiger partial charge is 0.318 e. The van der Waals surface area contributed by atoms with Crippen LogP contribution in [-0.2, 0) is 27.4 Å². The molecule has 1 aliphatic rings. The van der Waals surface area contributed by atoms with E-state index in [9.17, 15) is 18.0 Å². The number of urea groups is 1. The molecule has 2 unspecified atom stereocenters. The SMILES string of the molecule is NC(CCc1ccccc1)C(N)S(=O)(=O)c1ccc(C(=O)[C@H](Cc2ccccc2)NC(=O)N2CCOCC2)cc1. The maximum atomic E-state index is 13.5. The number of rotatable bonds is 11. The minimum atomic E-state index is -3.93. The van der Waals surface area contributed by atoms with Gasteiger partial charge in [-0.05, 0) is 36.1 Å². The van der Waals surface area contributed by atoms with E-state index in [0.717, 1.165) is 11.1 Å². The summed E-state index contributed by atoms with van der Waals surface area (Å²) in [4.78, 5) is 28.1. The first kappa shape index (κ1) is 29.4. The third-order valence-electron chi connectivity index (χ3n) is 7.05. The van der Waals surface area contributed by atoms with Crippen LogP contribution < -0.4 is 16.8 Å². The summed E-state index contributed by atoms with van der Waals surface area (Å²) in [5.41, 5.74) is 14.5. The Morgan fingerprint density at radius 2 is 1.43 bits per heavy atom. The number of aryl methyl sites for hydroxylation is 1. The maximum Gasteiger partial charge on any atom is 0.318 e. The molecule has 0 aliphatic carbocycles. The van der Waals surface area contributed by atoms with Crippen LogP contribution in [0.1, 0.15) is 27.9 Å². The number of carbonyl (C=O) groups excluding carboxylic acids is 2. The molecule has 40 heavy (non-hydrogen) atoms. The summed E-state index contributed by atoms with van der Waals surface area (Å²) in [5.74, 6) is -0.321. The molecule has 0 aromatic heterocycles. The van der Waals surface area contributed by atoms with Crippen LogP contribution in [0.3, 0.4) is 0 Å². The second-order valence-corrected chi connectivity index (χ2v) is 12.0. The van der Waals surface area contributed by atoms with E-state index in [-0.39, 0.29) is 28.7 Å². The summed E-state index contributed by atoms with van der Waals surface area (Å²) in [7, 11) is -3.93. The highest BCUT2D eigenvalue weighted by Crippen LogP contribution is 2.19. The fraction of sp³-hybridized carbons (Fsp3) is 0.333. The monoisotopic (exact) mass is 564 g/mol. The fourth-order valence-corrected chi connectivity index (χ4v) is 6.03. The molecule has 9 nitrogen and oxygen atoms in total. The minimum Gasteiger partial charge on any atom is -0.378 e. The summed E-state index contributed by atoms with van der Waals surface area (Å²) in [6, 6.07) is 22.8. The number of hydrogen-bond donors (Lipinski definition) is 3. The molecule has 3 aromatic rings. The highest BCUT2D eigenvalue weighted by molar-refractivity contribution is 7.92. The lowest BCUT2D eigenvalue weighted by Gasteiger charge is -2.29. The van der Waals surface area contributed by atoms with E-state index in [2.05, 4.69) is 5.32 Å². The van der Waals surface area contributed by atoms with Crippen LogP contribution >= 0.6 is 0 Å². The van der Waals surface area contributed by atoms with Crippen LogP contribution in [0.25, 0.3) is 0 Å². The molecule has 212 valence electrons. The van der Waals surface area contributed by atoms with Gasteiger partial charge >= 0.3 is 6.03 Å². The number of nitrogens with one attached hydrogen (secondary N) is 1. The fourth-order valence-electron chi connectivity index (χ4n) is 4.61. The molecule has 1 aliphatic heterocycles. The molecule has 0 saturated carbocycles. The number of nitrogens with two attached hydrogens (primary N) is 2. The molecular weight excluding hydrogens is 528 g/mol. The van der Waals surface area contributed by atoms with Gasteiger partial charge in [0.1, 0.15) is 5.37 Å². The van der Waals surface area contributed by atoms with Gasteiger partial charge in [-0.1, -0.05) is 72.8 Å². The van der Waals surface area contributed by atoms with Crippen LogP contribution in [-0.4, -0.2) is 68.9 Å². The number of ether oxygens (including phenoxy) is 1. The molecule has 10 heteroatoms. The zero-order valence-electron chi connectivity index (χ0n) is 22.3. The molecule has 4 rings (SSSR count). The van der Waals surface area contributed by atoms with Crippen molar-refractivity contribution in [2.75, 3.05) is 26.3 Å². The number of sulfone groups is 1. The maximum absolute atomic E-state index is 13.5. The van der Waals surface area contributed by atoms with Crippen molar-refractivity contribution in [1.82, 2.24) is 10.2 Å². The van der Waals surface area contributed by atoms with Gasteiger partial charge in [0.25, 0.3) is 0 Å². The molecular formula is C30H36N4O5S. The first-order chi connectivity index (χ1) is 19.3. The van der Waals surface area contributed by atoms with Crippen LogP contribution in [0.5, 0.6) is 0 Å².